The van der Waals surface area contributed by atoms with E-state index in [4.69, 9.17) is 5.26 Å². The summed E-state index contributed by atoms with van der Waals surface area (Å²) in [7, 11) is 1.91. The lowest BCUT2D eigenvalue weighted by Gasteiger charge is -2.35. The first kappa shape index (κ1) is 9.96. The molecule has 1 amide bonds. The van der Waals surface area contributed by atoms with Gasteiger partial charge in [-0.25, -0.2) is 0 Å². The highest BCUT2D eigenvalue weighted by Crippen LogP contribution is 2.00. The molecule has 0 spiro atoms. The first-order valence-corrected chi connectivity index (χ1v) is 4.28. The topological polar surface area (TPSA) is 68.2 Å². The van der Waals surface area contributed by atoms with Crippen molar-refractivity contribution < 1.29 is 4.79 Å². The van der Waals surface area contributed by atoms with Crippen LogP contribution in [0, 0.1) is 11.3 Å². The average Bonchev–Trinajstić information content (AvgIpc) is 1.97. The molecule has 0 saturated carbocycles. The monoisotopic (exact) mass is 182 g/mol. The number of rotatable bonds is 4. The van der Waals surface area contributed by atoms with Gasteiger partial charge in [0.2, 0.25) is 5.91 Å². The second-order valence-corrected chi connectivity index (χ2v) is 3.16. The first-order chi connectivity index (χ1) is 6.24. The van der Waals surface area contributed by atoms with E-state index in [1.54, 1.807) is 0 Å². The molecule has 0 aromatic heterocycles. The zero-order valence-corrected chi connectivity index (χ0v) is 7.71. The molecule has 2 N–H and O–H groups in total. The third kappa shape index (κ3) is 3.01. The first-order valence-electron chi connectivity index (χ1n) is 4.28. The van der Waals surface area contributed by atoms with Crippen LogP contribution in [0.5, 0.6) is 0 Å². The smallest absolute Gasteiger partial charge is 0.235 e. The molecule has 5 nitrogen and oxygen atoms in total. The number of nitriles is 1. The maximum absolute atomic E-state index is 11.1. The molecule has 13 heavy (non-hydrogen) atoms. The molecule has 0 aromatic rings. The molecular weight excluding hydrogens is 168 g/mol. The van der Waals surface area contributed by atoms with Crippen LogP contribution < -0.4 is 10.6 Å². The van der Waals surface area contributed by atoms with Gasteiger partial charge in [-0.2, -0.15) is 5.26 Å². The van der Waals surface area contributed by atoms with E-state index >= 15 is 0 Å². The summed E-state index contributed by atoms with van der Waals surface area (Å²) >= 11 is 0. The Morgan fingerprint density at radius 3 is 2.92 bits per heavy atom. The van der Waals surface area contributed by atoms with Crippen LogP contribution in [0.1, 0.15) is 0 Å². The number of likely N-dealkylation sites (N-methyl/N-ethyl adjacent to an activating group) is 1. The summed E-state index contributed by atoms with van der Waals surface area (Å²) in [6.45, 7) is 2.35. The molecule has 0 aromatic carbocycles. The van der Waals surface area contributed by atoms with E-state index in [1.807, 2.05) is 18.0 Å². The van der Waals surface area contributed by atoms with Gasteiger partial charge in [0.05, 0.1) is 12.6 Å². The molecule has 0 bridgehead atoms. The third-order valence-corrected chi connectivity index (χ3v) is 2.14. The summed E-state index contributed by atoms with van der Waals surface area (Å²) in [5, 5.41) is 13.9. The molecule has 1 aliphatic rings. The lowest BCUT2D eigenvalue weighted by Crippen LogP contribution is -2.57. The van der Waals surface area contributed by atoms with Crippen molar-refractivity contribution in [3.63, 3.8) is 0 Å². The summed E-state index contributed by atoms with van der Waals surface area (Å²) in [4.78, 5) is 13.1. The highest BCUT2D eigenvalue weighted by atomic mass is 16.2. The van der Waals surface area contributed by atoms with Gasteiger partial charge >= 0.3 is 0 Å². The van der Waals surface area contributed by atoms with E-state index in [0.717, 1.165) is 13.1 Å². The number of carbonyl (C=O) groups is 1. The Hall–Kier alpha value is -1.12. The van der Waals surface area contributed by atoms with Crippen molar-refractivity contribution in [3.05, 3.63) is 0 Å². The van der Waals surface area contributed by atoms with E-state index in [-0.39, 0.29) is 12.5 Å². The lowest BCUT2D eigenvalue weighted by molar-refractivity contribution is -0.122. The Labute approximate surface area is 77.7 Å². The maximum Gasteiger partial charge on any atom is 0.235 e. The predicted octanol–water partition coefficient (Wildman–Crippen LogP) is -1.47. The Balaban J connectivity index is 2.15. The molecular formula is C8H14N4O. The van der Waals surface area contributed by atoms with E-state index in [1.165, 1.54) is 0 Å². The Bertz CT molecular complexity index is 219. The normalized spacial score (nSPS) is 16.4. The van der Waals surface area contributed by atoms with Crippen molar-refractivity contribution in [2.45, 2.75) is 6.04 Å². The molecule has 5 heteroatoms. The molecule has 1 rings (SSSR count). The number of nitrogens with zero attached hydrogens (tertiary/aromatic N) is 2. The second-order valence-electron chi connectivity index (χ2n) is 3.16. The van der Waals surface area contributed by atoms with Gasteiger partial charge in [-0.3, -0.25) is 9.69 Å². The van der Waals surface area contributed by atoms with Gasteiger partial charge in [0, 0.05) is 19.1 Å². The van der Waals surface area contributed by atoms with Crippen LogP contribution in [0.4, 0.5) is 0 Å². The van der Waals surface area contributed by atoms with Crippen LogP contribution in [-0.4, -0.2) is 50.1 Å². The molecule has 1 fully saturated rings. The second kappa shape index (κ2) is 4.80. The quantitative estimate of drug-likeness (QED) is 0.521. The van der Waals surface area contributed by atoms with Gasteiger partial charge < -0.3 is 10.6 Å². The van der Waals surface area contributed by atoms with Crippen molar-refractivity contribution in [2.75, 3.05) is 33.2 Å². The van der Waals surface area contributed by atoms with Crippen LogP contribution in [0.3, 0.4) is 0 Å². The number of carbonyl (C=O) groups excluding carboxylic acids is 1. The lowest BCUT2D eigenvalue weighted by atomic mass is 10.1. The van der Waals surface area contributed by atoms with Crippen LogP contribution >= 0.6 is 0 Å². The van der Waals surface area contributed by atoms with Gasteiger partial charge in [-0.1, -0.05) is 0 Å². The van der Waals surface area contributed by atoms with Gasteiger partial charge in [-0.15, -0.1) is 0 Å². The molecule has 1 aliphatic heterocycles. The number of amides is 1. The average molecular weight is 182 g/mol. The van der Waals surface area contributed by atoms with Crippen molar-refractivity contribution in [2.24, 2.45) is 0 Å². The molecule has 0 atom stereocenters. The summed E-state index contributed by atoms with van der Waals surface area (Å²) in [6, 6.07) is 2.33. The van der Waals surface area contributed by atoms with E-state index in [0.29, 0.717) is 12.6 Å². The molecule has 72 valence electrons. The van der Waals surface area contributed by atoms with E-state index < -0.39 is 0 Å². The van der Waals surface area contributed by atoms with Crippen LogP contribution in [-0.2, 0) is 4.79 Å². The fraction of sp³-hybridized carbons (Fsp3) is 0.750. The molecule has 0 unspecified atom stereocenters. The van der Waals surface area contributed by atoms with E-state index in [9.17, 15) is 4.79 Å². The minimum absolute atomic E-state index is 0.0871. The fourth-order valence-electron chi connectivity index (χ4n) is 1.13. The minimum atomic E-state index is -0.0871. The standard InChI is InChI=1S/C8H14N4O/c1-12(7-4-10-5-7)6-8(13)11-3-2-9/h7,10H,3-6H2,1H3,(H,11,13). The number of nitrogens with one attached hydrogen (secondary N) is 2. The summed E-state index contributed by atoms with van der Waals surface area (Å²) in [6.07, 6.45) is 0. The highest BCUT2D eigenvalue weighted by Gasteiger charge is 2.22. The number of hydrogen-bond acceptors (Lipinski definition) is 4. The molecule has 1 saturated heterocycles. The maximum atomic E-state index is 11.1. The van der Waals surface area contributed by atoms with Crippen LogP contribution in [0.15, 0.2) is 0 Å². The van der Waals surface area contributed by atoms with Crippen molar-refractivity contribution >= 4 is 5.91 Å². The largest absolute Gasteiger partial charge is 0.342 e. The zero-order valence-electron chi connectivity index (χ0n) is 7.71. The van der Waals surface area contributed by atoms with Crippen molar-refractivity contribution in [3.8, 4) is 6.07 Å². The summed E-state index contributed by atoms with van der Waals surface area (Å²) in [5.74, 6) is -0.0871. The zero-order chi connectivity index (χ0) is 9.68. The van der Waals surface area contributed by atoms with Crippen molar-refractivity contribution in [1.29, 1.82) is 5.26 Å². The Morgan fingerprint density at radius 1 is 1.77 bits per heavy atom. The summed E-state index contributed by atoms with van der Waals surface area (Å²) < 4.78 is 0. The van der Waals surface area contributed by atoms with Gasteiger partial charge in [0.1, 0.15) is 6.54 Å². The molecule has 1 heterocycles. The van der Waals surface area contributed by atoms with E-state index in [2.05, 4.69) is 10.6 Å². The van der Waals surface area contributed by atoms with Gasteiger partial charge in [0.25, 0.3) is 0 Å². The fourth-order valence-corrected chi connectivity index (χ4v) is 1.13. The van der Waals surface area contributed by atoms with Crippen LogP contribution in [0.2, 0.25) is 0 Å². The predicted molar refractivity (Wildman–Crippen MR) is 47.9 cm³/mol. The minimum Gasteiger partial charge on any atom is -0.342 e. The van der Waals surface area contributed by atoms with Crippen molar-refractivity contribution in [1.82, 2.24) is 15.5 Å². The SMILES string of the molecule is CN(CC(=O)NCC#N)C1CNC1. The van der Waals surface area contributed by atoms with Gasteiger partial charge in [0.15, 0.2) is 0 Å². The molecule has 0 radical (unpaired) electrons. The van der Waals surface area contributed by atoms with Crippen LogP contribution in [0.25, 0.3) is 0 Å². The Morgan fingerprint density at radius 2 is 2.46 bits per heavy atom. The summed E-state index contributed by atoms with van der Waals surface area (Å²) in [5.41, 5.74) is 0. The molecule has 0 aliphatic carbocycles. The number of hydrogen-bond donors (Lipinski definition) is 2. The highest BCUT2D eigenvalue weighted by molar-refractivity contribution is 5.78. The van der Waals surface area contributed by atoms with Gasteiger partial charge in [-0.05, 0) is 7.05 Å². The third-order valence-electron chi connectivity index (χ3n) is 2.14. The Kier molecular flexibility index (Phi) is 3.68.